The number of hydrogen-bond acceptors (Lipinski definition) is 4. The van der Waals surface area contributed by atoms with Crippen molar-refractivity contribution in [3.63, 3.8) is 0 Å². The number of alkyl halides is 3. The lowest BCUT2D eigenvalue weighted by atomic mass is 10.3. The molecule has 0 aliphatic rings. The van der Waals surface area contributed by atoms with Crippen LogP contribution in [-0.2, 0) is 6.18 Å². The second-order valence-corrected chi connectivity index (χ2v) is 3.36. The van der Waals surface area contributed by atoms with Crippen LogP contribution in [0.25, 0.3) is 0 Å². The number of rotatable bonds is 3. The summed E-state index contributed by atoms with van der Waals surface area (Å²) in [5.41, 5.74) is -0.237. The number of halogens is 3. The Morgan fingerprint density at radius 3 is 2.80 bits per heavy atom. The molecule has 0 unspecified atom stereocenters. The molecule has 0 atom stereocenters. The Morgan fingerprint density at radius 2 is 2.27 bits per heavy atom. The van der Waals surface area contributed by atoms with Gasteiger partial charge in [0.15, 0.2) is 5.69 Å². The second kappa shape index (κ2) is 4.58. The molecule has 0 aromatic carbocycles. The lowest BCUT2D eigenvalue weighted by Crippen LogP contribution is -2.27. The van der Waals surface area contributed by atoms with Crippen LogP contribution in [0.15, 0.2) is 5.51 Å². The zero-order chi connectivity index (χ0) is 11.5. The SMILES string of the molecule is O=C(NCCO)c1scnc1C(F)(F)F. The van der Waals surface area contributed by atoms with E-state index in [-0.39, 0.29) is 13.2 Å². The van der Waals surface area contributed by atoms with E-state index >= 15 is 0 Å². The summed E-state index contributed by atoms with van der Waals surface area (Å²) >= 11 is 0.610. The number of carbonyl (C=O) groups excluding carboxylic acids is 1. The minimum Gasteiger partial charge on any atom is -0.395 e. The highest BCUT2D eigenvalue weighted by molar-refractivity contribution is 7.11. The molecule has 1 heterocycles. The van der Waals surface area contributed by atoms with Crippen molar-refractivity contribution in [2.45, 2.75) is 6.18 Å². The first-order valence-electron chi connectivity index (χ1n) is 3.86. The van der Waals surface area contributed by atoms with Crippen LogP contribution in [0, 0.1) is 0 Å². The van der Waals surface area contributed by atoms with Crippen molar-refractivity contribution in [1.82, 2.24) is 10.3 Å². The molecule has 0 bridgehead atoms. The Morgan fingerprint density at radius 1 is 1.60 bits per heavy atom. The minimum absolute atomic E-state index is 0.0893. The third-order valence-electron chi connectivity index (χ3n) is 1.44. The summed E-state index contributed by atoms with van der Waals surface area (Å²) in [6.45, 7) is -0.417. The third-order valence-corrected chi connectivity index (χ3v) is 2.26. The van der Waals surface area contributed by atoms with Gasteiger partial charge in [-0.15, -0.1) is 11.3 Å². The summed E-state index contributed by atoms with van der Waals surface area (Å²) in [5, 5.41) is 10.5. The molecule has 0 fully saturated rings. The van der Waals surface area contributed by atoms with Gasteiger partial charge in [0, 0.05) is 6.54 Å². The van der Waals surface area contributed by atoms with Gasteiger partial charge in [0.1, 0.15) is 4.88 Å². The molecule has 0 aliphatic heterocycles. The van der Waals surface area contributed by atoms with Crippen molar-refractivity contribution >= 4 is 17.2 Å². The first-order chi connectivity index (χ1) is 6.96. The number of nitrogens with one attached hydrogen (secondary N) is 1. The predicted octanol–water partition coefficient (Wildman–Crippen LogP) is 0.884. The van der Waals surface area contributed by atoms with Gasteiger partial charge in [-0.1, -0.05) is 0 Å². The van der Waals surface area contributed by atoms with Gasteiger partial charge in [-0.2, -0.15) is 13.2 Å². The summed E-state index contributed by atoms with van der Waals surface area (Å²) in [4.78, 5) is 13.8. The molecule has 15 heavy (non-hydrogen) atoms. The first kappa shape index (κ1) is 11.9. The average Bonchev–Trinajstić information content (AvgIpc) is 2.61. The maximum absolute atomic E-state index is 12.3. The maximum atomic E-state index is 12.3. The van der Waals surface area contributed by atoms with E-state index in [9.17, 15) is 18.0 Å². The fraction of sp³-hybridized carbons (Fsp3) is 0.429. The zero-order valence-electron chi connectivity index (χ0n) is 7.34. The molecule has 0 radical (unpaired) electrons. The van der Waals surface area contributed by atoms with E-state index in [1.165, 1.54) is 0 Å². The maximum Gasteiger partial charge on any atom is 0.434 e. The van der Waals surface area contributed by atoms with Crippen LogP contribution >= 0.6 is 11.3 Å². The third kappa shape index (κ3) is 2.90. The van der Waals surface area contributed by atoms with Gasteiger partial charge in [0.2, 0.25) is 0 Å². The Hall–Kier alpha value is -1.15. The lowest BCUT2D eigenvalue weighted by Gasteiger charge is -2.06. The Kier molecular flexibility index (Phi) is 3.64. The standard InChI is InChI=1S/C7H7F3N2O2S/c8-7(9,10)5-4(15-3-12-5)6(14)11-1-2-13/h3,13H,1-2H2,(H,11,14). The molecular weight excluding hydrogens is 233 g/mol. The van der Waals surface area contributed by atoms with Crippen molar-refractivity contribution in [1.29, 1.82) is 0 Å². The van der Waals surface area contributed by atoms with Gasteiger partial charge in [-0.25, -0.2) is 4.98 Å². The largest absolute Gasteiger partial charge is 0.434 e. The highest BCUT2D eigenvalue weighted by Crippen LogP contribution is 2.32. The zero-order valence-corrected chi connectivity index (χ0v) is 8.15. The molecule has 84 valence electrons. The lowest BCUT2D eigenvalue weighted by molar-refractivity contribution is -0.141. The van der Waals surface area contributed by atoms with Crippen molar-refractivity contribution in [3.05, 3.63) is 16.1 Å². The summed E-state index contributed by atoms with van der Waals surface area (Å²) in [5.74, 6) is -0.876. The molecule has 1 aromatic rings. The first-order valence-corrected chi connectivity index (χ1v) is 4.74. The summed E-state index contributed by atoms with van der Waals surface area (Å²) in [6.07, 6.45) is -4.63. The average molecular weight is 240 g/mol. The quantitative estimate of drug-likeness (QED) is 0.824. The Bertz CT molecular complexity index is 350. The number of aliphatic hydroxyl groups excluding tert-OH is 1. The van der Waals surface area contributed by atoms with Crippen LogP contribution in [0.4, 0.5) is 13.2 Å². The highest BCUT2D eigenvalue weighted by atomic mass is 32.1. The van der Waals surface area contributed by atoms with Crippen LogP contribution in [-0.4, -0.2) is 29.1 Å². The topological polar surface area (TPSA) is 62.2 Å². The number of amides is 1. The molecule has 1 amide bonds. The minimum atomic E-state index is -4.63. The second-order valence-electron chi connectivity index (χ2n) is 2.51. The van der Waals surface area contributed by atoms with Gasteiger partial charge < -0.3 is 10.4 Å². The van der Waals surface area contributed by atoms with Crippen molar-refractivity contribution < 1.29 is 23.1 Å². The molecule has 1 aromatic heterocycles. The number of thiazole rings is 1. The number of hydrogen-bond donors (Lipinski definition) is 2. The van der Waals surface area contributed by atoms with E-state index in [0.29, 0.717) is 11.3 Å². The fourth-order valence-electron chi connectivity index (χ4n) is 0.859. The van der Waals surface area contributed by atoms with Crippen LogP contribution in [0.2, 0.25) is 0 Å². The van der Waals surface area contributed by atoms with Gasteiger partial charge in [-0.05, 0) is 0 Å². The number of nitrogens with zero attached hydrogens (tertiary/aromatic N) is 1. The predicted molar refractivity (Wildman–Crippen MR) is 46.5 cm³/mol. The Balaban J connectivity index is 2.86. The molecule has 0 saturated carbocycles. The number of carbonyl (C=O) groups is 1. The molecule has 0 aliphatic carbocycles. The van der Waals surface area contributed by atoms with Gasteiger partial charge >= 0.3 is 6.18 Å². The molecule has 1 rings (SSSR count). The van der Waals surface area contributed by atoms with Crippen LogP contribution in [0.1, 0.15) is 15.4 Å². The highest BCUT2D eigenvalue weighted by Gasteiger charge is 2.38. The van der Waals surface area contributed by atoms with Gasteiger partial charge in [0.05, 0.1) is 12.1 Å². The van der Waals surface area contributed by atoms with Crippen molar-refractivity contribution in [3.8, 4) is 0 Å². The van der Waals surface area contributed by atoms with E-state index in [1.54, 1.807) is 0 Å². The van der Waals surface area contributed by atoms with E-state index in [4.69, 9.17) is 5.11 Å². The summed E-state index contributed by atoms with van der Waals surface area (Å²) in [6, 6.07) is 0. The van der Waals surface area contributed by atoms with E-state index in [1.807, 2.05) is 0 Å². The molecule has 4 nitrogen and oxygen atoms in total. The van der Waals surface area contributed by atoms with Crippen LogP contribution in [0.3, 0.4) is 0 Å². The van der Waals surface area contributed by atoms with Crippen molar-refractivity contribution in [2.75, 3.05) is 13.2 Å². The van der Waals surface area contributed by atoms with Gasteiger partial charge in [0.25, 0.3) is 5.91 Å². The monoisotopic (exact) mass is 240 g/mol. The van der Waals surface area contributed by atoms with Crippen molar-refractivity contribution in [2.24, 2.45) is 0 Å². The molecular formula is C7H7F3N2O2S. The van der Waals surface area contributed by atoms with E-state index < -0.39 is 22.7 Å². The van der Waals surface area contributed by atoms with Crippen LogP contribution < -0.4 is 5.32 Å². The number of aliphatic hydroxyl groups is 1. The van der Waals surface area contributed by atoms with E-state index in [0.717, 1.165) is 5.51 Å². The summed E-state index contributed by atoms with van der Waals surface area (Å²) < 4.78 is 36.8. The smallest absolute Gasteiger partial charge is 0.395 e. The fourth-order valence-corrected chi connectivity index (χ4v) is 1.58. The Labute approximate surface area is 86.8 Å². The molecule has 0 saturated heterocycles. The molecule has 2 N–H and O–H groups in total. The normalized spacial score (nSPS) is 11.5. The molecule has 0 spiro atoms. The van der Waals surface area contributed by atoms with E-state index in [2.05, 4.69) is 10.3 Å². The number of aromatic nitrogens is 1. The molecule has 8 heteroatoms. The summed E-state index contributed by atoms with van der Waals surface area (Å²) in [7, 11) is 0. The van der Waals surface area contributed by atoms with Gasteiger partial charge in [-0.3, -0.25) is 4.79 Å². The van der Waals surface area contributed by atoms with Crippen LogP contribution in [0.5, 0.6) is 0 Å².